The van der Waals surface area contributed by atoms with Crippen LogP contribution in [0.1, 0.15) is 29.9 Å². The number of nitrogens with zero attached hydrogens (tertiary/aromatic N) is 2. The molecule has 0 saturated heterocycles. The maximum atomic E-state index is 12.1. The highest BCUT2D eigenvalue weighted by Gasteiger charge is 2.20. The molecule has 0 fully saturated rings. The lowest BCUT2D eigenvalue weighted by atomic mass is 10.2. The van der Waals surface area contributed by atoms with E-state index in [0.717, 1.165) is 18.7 Å². The Bertz CT molecular complexity index is 667. The van der Waals surface area contributed by atoms with E-state index in [1.54, 1.807) is 6.20 Å². The smallest absolute Gasteiger partial charge is 0.270 e. The van der Waals surface area contributed by atoms with Crippen LogP contribution in [0, 0.1) is 0 Å². The van der Waals surface area contributed by atoms with Crippen LogP contribution in [-0.2, 0) is 6.42 Å². The highest BCUT2D eigenvalue weighted by atomic mass is 16.1. The molecular weight excluding hydrogens is 262 g/mol. The molecule has 0 aliphatic carbocycles. The molecule has 0 radical (unpaired) electrons. The molecule has 1 N–H and O–H groups in total. The van der Waals surface area contributed by atoms with Crippen molar-refractivity contribution in [2.45, 2.75) is 26.3 Å². The minimum absolute atomic E-state index is 0.107. The number of para-hydroxylation sites is 1. The monoisotopic (exact) mass is 281 g/mol. The summed E-state index contributed by atoms with van der Waals surface area (Å²) in [5.41, 5.74) is 4.05. The third-order valence-corrected chi connectivity index (χ3v) is 3.59. The number of nitrogens with one attached hydrogen (secondary N) is 1. The predicted octanol–water partition coefficient (Wildman–Crippen LogP) is 2.91. The fourth-order valence-electron chi connectivity index (χ4n) is 2.65. The van der Waals surface area contributed by atoms with Gasteiger partial charge in [0.25, 0.3) is 5.91 Å². The Hall–Kier alpha value is -2.36. The van der Waals surface area contributed by atoms with E-state index >= 15 is 0 Å². The van der Waals surface area contributed by atoms with E-state index in [1.807, 2.05) is 32.0 Å². The van der Waals surface area contributed by atoms with Crippen molar-refractivity contribution in [2.75, 3.05) is 11.4 Å². The summed E-state index contributed by atoms with van der Waals surface area (Å²) in [6.45, 7) is 4.82. The van der Waals surface area contributed by atoms with Crippen LogP contribution >= 0.6 is 0 Å². The van der Waals surface area contributed by atoms with E-state index in [1.165, 1.54) is 11.3 Å². The van der Waals surface area contributed by atoms with Crippen molar-refractivity contribution in [3.05, 3.63) is 53.9 Å². The topological polar surface area (TPSA) is 45.2 Å². The lowest BCUT2D eigenvalue weighted by Gasteiger charge is -2.20. The zero-order valence-corrected chi connectivity index (χ0v) is 12.3. The summed E-state index contributed by atoms with van der Waals surface area (Å²) in [4.78, 5) is 18.5. The van der Waals surface area contributed by atoms with Crippen LogP contribution in [0.25, 0.3) is 0 Å². The zero-order chi connectivity index (χ0) is 14.8. The fraction of sp³-hybridized carbons (Fsp3) is 0.294. The van der Waals surface area contributed by atoms with Crippen LogP contribution in [0.2, 0.25) is 0 Å². The van der Waals surface area contributed by atoms with Gasteiger partial charge in [-0.25, -0.2) is 0 Å². The molecule has 4 nitrogen and oxygen atoms in total. The molecule has 21 heavy (non-hydrogen) atoms. The summed E-state index contributed by atoms with van der Waals surface area (Å²) in [7, 11) is 0. The van der Waals surface area contributed by atoms with Crippen molar-refractivity contribution < 1.29 is 4.79 Å². The first-order valence-electron chi connectivity index (χ1n) is 7.27. The van der Waals surface area contributed by atoms with Crippen molar-refractivity contribution in [3.63, 3.8) is 0 Å². The second kappa shape index (κ2) is 5.56. The third-order valence-electron chi connectivity index (χ3n) is 3.59. The van der Waals surface area contributed by atoms with Crippen LogP contribution < -0.4 is 10.2 Å². The van der Waals surface area contributed by atoms with Crippen LogP contribution in [-0.4, -0.2) is 23.5 Å². The minimum Gasteiger partial charge on any atom is -0.349 e. The number of fused-ring (bicyclic) bond motifs is 1. The average molecular weight is 281 g/mol. The minimum atomic E-state index is -0.126. The Morgan fingerprint density at radius 2 is 2.10 bits per heavy atom. The van der Waals surface area contributed by atoms with Gasteiger partial charge in [-0.2, -0.15) is 0 Å². The lowest BCUT2D eigenvalue weighted by molar-refractivity contribution is 0.0938. The van der Waals surface area contributed by atoms with Gasteiger partial charge < -0.3 is 10.2 Å². The van der Waals surface area contributed by atoms with Gasteiger partial charge in [0.1, 0.15) is 5.69 Å². The number of carbonyl (C=O) groups excluding carboxylic acids is 1. The first-order valence-corrected chi connectivity index (χ1v) is 7.27. The summed E-state index contributed by atoms with van der Waals surface area (Å²) in [6, 6.07) is 12.3. The Morgan fingerprint density at radius 1 is 1.29 bits per heavy atom. The Labute approximate surface area is 124 Å². The summed E-state index contributed by atoms with van der Waals surface area (Å²) >= 11 is 0. The summed E-state index contributed by atoms with van der Waals surface area (Å²) in [5.74, 6) is -0.126. The number of aromatic nitrogens is 1. The van der Waals surface area contributed by atoms with Gasteiger partial charge in [0, 0.05) is 30.2 Å². The molecule has 0 atom stereocenters. The van der Waals surface area contributed by atoms with E-state index in [9.17, 15) is 4.79 Å². The van der Waals surface area contributed by atoms with Gasteiger partial charge in [-0.1, -0.05) is 18.2 Å². The number of pyridine rings is 1. The lowest BCUT2D eigenvalue weighted by Crippen LogP contribution is -2.30. The maximum Gasteiger partial charge on any atom is 0.270 e. The van der Waals surface area contributed by atoms with Crippen molar-refractivity contribution in [3.8, 4) is 0 Å². The first kappa shape index (κ1) is 13.6. The number of anilines is 2. The largest absolute Gasteiger partial charge is 0.349 e. The molecule has 0 saturated carbocycles. The number of hydrogen-bond acceptors (Lipinski definition) is 3. The normalized spacial score (nSPS) is 13.4. The third kappa shape index (κ3) is 2.75. The van der Waals surface area contributed by atoms with Crippen LogP contribution in [0.4, 0.5) is 11.4 Å². The number of hydrogen-bond donors (Lipinski definition) is 1. The molecule has 0 bridgehead atoms. The van der Waals surface area contributed by atoms with Crippen molar-refractivity contribution in [2.24, 2.45) is 0 Å². The molecule has 0 unspecified atom stereocenters. The van der Waals surface area contributed by atoms with E-state index < -0.39 is 0 Å². The maximum absolute atomic E-state index is 12.1. The molecule has 3 rings (SSSR count). The van der Waals surface area contributed by atoms with Crippen molar-refractivity contribution in [1.82, 2.24) is 10.3 Å². The Morgan fingerprint density at radius 3 is 2.90 bits per heavy atom. The number of benzene rings is 1. The van der Waals surface area contributed by atoms with E-state index in [-0.39, 0.29) is 11.9 Å². The molecule has 2 heterocycles. The molecule has 108 valence electrons. The Balaban J connectivity index is 1.89. The van der Waals surface area contributed by atoms with E-state index in [0.29, 0.717) is 5.69 Å². The highest BCUT2D eigenvalue weighted by Crippen LogP contribution is 2.34. The van der Waals surface area contributed by atoms with Gasteiger partial charge in [-0.15, -0.1) is 0 Å². The van der Waals surface area contributed by atoms with Crippen LogP contribution in [0.3, 0.4) is 0 Å². The predicted molar refractivity (Wildman–Crippen MR) is 84.0 cm³/mol. The van der Waals surface area contributed by atoms with Gasteiger partial charge in [0.2, 0.25) is 0 Å². The zero-order valence-electron chi connectivity index (χ0n) is 12.3. The number of rotatable bonds is 3. The highest BCUT2D eigenvalue weighted by molar-refractivity contribution is 5.93. The second-order valence-electron chi connectivity index (χ2n) is 5.56. The average Bonchev–Trinajstić information content (AvgIpc) is 2.90. The summed E-state index contributed by atoms with van der Waals surface area (Å²) in [5, 5.41) is 2.88. The van der Waals surface area contributed by atoms with Crippen LogP contribution in [0.15, 0.2) is 42.6 Å². The SMILES string of the molecule is CC(C)NC(=O)c1cc(N2CCc3ccccc32)ccn1. The molecule has 1 aliphatic heterocycles. The van der Waals surface area contributed by atoms with Crippen LogP contribution in [0.5, 0.6) is 0 Å². The van der Waals surface area contributed by atoms with Gasteiger partial charge in [0.05, 0.1) is 0 Å². The molecule has 1 aliphatic rings. The summed E-state index contributed by atoms with van der Waals surface area (Å²) < 4.78 is 0. The molecule has 1 aromatic carbocycles. The summed E-state index contributed by atoms with van der Waals surface area (Å²) in [6.07, 6.45) is 2.73. The standard InChI is InChI=1S/C17H19N3O/c1-12(2)19-17(21)15-11-14(7-9-18-15)20-10-8-13-5-3-4-6-16(13)20/h3-7,9,11-12H,8,10H2,1-2H3,(H,19,21). The number of amides is 1. The fourth-order valence-corrected chi connectivity index (χ4v) is 2.65. The Kier molecular flexibility index (Phi) is 3.60. The molecule has 4 heteroatoms. The van der Waals surface area contributed by atoms with Crippen molar-refractivity contribution >= 4 is 17.3 Å². The molecular formula is C17H19N3O. The van der Waals surface area contributed by atoms with E-state index in [4.69, 9.17) is 0 Å². The van der Waals surface area contributed by atoms with Gasteiger partial charge >= 0.3 is 0 Å². The molecule has 2 aromatic rings. The number of carbonyl (C=O) groups is 1. The van der Waals surface area contributed by atoms with Gasteiger partial charge in [-0.05, 0) is 44.0 Å². The molecule has 1 amide bonds. The molecule has 1 aromatic heterocycles. The van der Waals surface area contributed by atoms with E-state index in [2.05, 4.69) is 33.4 Å². The second-order valence-corrected chi connectivity index (χ2v) is 5.56. The first-order chi connectivity index (χ1) is 10.1. The van der Waals surface area contributed by atoms with Gasteiger partial charge in [-0.3, -0.25) is 9.78 Å². The van der Waals surface area contributed by atoms with Crippen molar-refractivity contribution in [1.29, 1.82) is 0 Å². The van der Waals surface area contributed by atoms with Gasteiger partial charge in [0.15, 0.2) is 0 Å². The quantitative estimate of drug-likeness (QED) is 0.941. The molecule has 0 spiro atoms.